The van der Waals surface area contributed by atoms with E-state index in [9.17, 15) is 4.79 Å². The zero-order valence-corrected chi connectivity index (χ0v) is 7.25. The maximum Gasteiger partial charge on any atom is 0.139 e. The van der Waals surface area contributed by atoms with Gasteiger partial charge in [-0.2, -0.15) is 0 Å². The highest BCUT2D eigenvalue weighted by Gasteiger charge is 2.53. The van der Waals surface area contributed by atoms with Crippen molar-refractivity contribution in [2.24, 2.45) is 23.5 Å². The van der Waals surface area contributed by atoms with Crippen LogP contribution in [0.25, 0.3) is 0 Å². The summed E-state index contributed by atoms with van der Waals surface area (Å²) in [6.45, 7) is 0. The summed E-state index contributed by atoms with van der Waals surface area (Å²) in [5.41, 5.74) is 6.29. The van der Waals surface area contributed by atoms with Crippen LogP contribution in [0.2, 0.25) is 0 Å². The minimum absolute atomic E-state index is 0.0599. The van der Waals surface area contributed by atoms with Crippen molar-refractivity contribution in [2.45, 2.75) is 37.6 Å². The van der Waals surface area contributed by atoms with Crippen molar-refractivity contribution in [2.75, 3.05) is 0 Å². The topological polar surface area (TPSA) is 43.1 Å². The molecule has 4 aliphatic rings. The fourth-order valence-electron chi connectivity index (χ4n) is 3.81. The van der Waals surface area contributed by atoms with Gasteiger partial charge in [0.15, 0.2) is 0 Å². The second kappa shape index (κ2) is 1.92. The van der Waals surface area contributed by atoms with E-state index < -0.39 is 0 Å². The van der Waals surface area contributed by atoms with Gasteiger partial charge < -0.3 is 5.73 Å². The van der Waals surface area contributed by atoms with Crippen molar-refractivity contribution in [3.63, 3.8) is 0 Å². The molecular weight excluding hydrogens is 150 g/mol. The van der Waals surface area contributed by atoms with Gasteiger partial charge in [-0.15, -0.1) is 0 Å². The molecule has 2 heteroatoms. The molecule has 2 atom stereocenters. The molecule has 0 aromatic heterocycles. The van der Waals surface area contributed by atoms with Crippen LogP contribution in [0.5, 0.6) is 0 Å². The molecule has 66 valence electrons. The Hall–Kier alpha value is -0.370. The van der Waals surface area contributed by atoms with Crippen molar-refractivity contribution < 1.29 is 4.79 Å². The molecule has 4 aliphatic carbocycles. The first-order valence-electron chi connectivity index (χ1n) is 4.99. The van der Waals surface area contributed by atoms with E-state index in [2.05, 4.69) is 0 Å². The number of Topliss-reactive ketones (excluding diaryl/α,β-unsaturated/α-hetero) is 1. The van der Waals surface area contributed by atoms with Gasteiger partial charge in [0.2, 0.25) is 0 Å². The van der Waals surface area contributed by atoms with Crippen molar-refractivity contribution in [1.29, 1.82) is 0 Å². The second-order valence-corrected chi connectivity index (χ2v) is 5.11. The van der Waals surface area contributed by atoms with Crippen LogP contribution in [-0.2, 0) is 4.79 Å². The highest BCUT2D eigenvalue weighted by Crippen LogP contribution is 2.52. The minimum atomic E-state index is 0.0599. The predicted octanol–water partition coefficient (Wildman–Crippen LogP) is 1.09. The van der Waals surface area contributed by atoms with Crippen LogP contribution in [0, 0.1) is 17.8 Å². The van der Waals surface area contributed by atoms with Crippen molar-refractivity contribution >= 4 is 5.78 Å². The van der Waals surface area contributed by atoms with Gasteiger partial charge in [-0.25, -0.2) is 0 Å². The number of ketones is 1. The standard InChI is InChI=1S/C10H15NO/c11-10-3-6-1-7(4-10)9(12)8(2-6)5-10/h6-8H,1-5,11H2/t6?,7-,8-,10?/m1/s1. The number of carbonyl (C=O) groups is 1. The first-order valence-corrected chi connectivity index (χ1v) is 4.99. The van der Waals surface area contributed by atoms with Crippen LogP contribution in [0.3, 0.4) is 0 Å². The molecule has 0 radical (unpaired) electrons. The van der Waals surface area contributed by atoms with E-state index in [1.807, 2.05) is 0 Å². The van der Waals surface area contributed by atoms with Crippen LogP contribution >= 0.6 is 0 Å². The Morgan fingerprint density at radius 3 is 2.25 bits per heavy atom. The summed E-state index contributed by atoms with van der Waals surface area (Å²) in [6, 6.07) is 0. The third-order valence-electron chi connectivity index (χ3n) is 4.04. The Labute approximate surface area is 72.5 Å². The van der Waals surface area contributed by atoms with Gasteiger partial charge >= 0.3 is 0 Å². The Morgan fingerprint density at radius 2 is 1.75 bits per heavy atom. The van der Waals surface area contributed by atoms with Gasteiger partial charge in [0, 0.05) is 17.4 Å². The number of hydrogen-bond acceptors (Lipinski definition) is 2. The average Bonchev–Trinajstić information content (AvgIpc) is 1.96. The molecule has 0 saturated heterocycles. The maximum atomic E-state index is 11.7. The number of hydrogen-bond donors (Lipinski definition) is 1. The second-order valence-electron chi connectivity index (χ2n) is 5.11. The fraction of sp³-hybridized carbons (Fsp3) is 0.900. The normalized spacial score (nSPS) is 56.4. The summed E-state index contributed by atoms with van der Waals surface area (Å²) < 4.78 is 0. The summed E-state index contributed by atoms with van der Waals surface area (Å²) in [7, 11) is 0. The molecule has 0 amide bonds. The van der Waals surface area contributed by atoms with E-state index in [0.29, 0.717) is 17.6 Å². The van der Waals surface area contributed by atoms with Crippen molar-refractivity contribution in [1.82, 2.24) is 0 Å². The molecule has 2 nitrogen and oxygen atoms in total. The van der Waals surface area contributed by atoms with E-state index in [0.717, 1.165) is 31.6 Å². The lowest BCUT2D eigenvalue weighted by atomic mass is 9.53. The highest BCUT2D eigenvalue weighted by atomic mass is 16.1. The maximum absolute atomic E-state index is 11.7. The fourth-order valence-corrected chi connectivity index (χ4v) is 3.81. The van der Waals surface area contributed by atoms with E-state index >= 15 is 0 Å². The van der Waals surface area contributed by atoms with Crippen LogP contribution in [-0.4, -0.2) is 11.3 Å². The minimum Gasteiger partial charge on any atom is -0.325 e. The largest absolute Gasteiger partial charge is 0.325 e. The monoisotopic (exact) mass is 165 g/mol. The Morgan fingerprint density at radius 1 is 1.17 bits per heavy atom. The molecule has 12 heavy (non-hydrogen) atoms. The van der Waals surface area contributed by atoms with Gasteiger partial charge in [0.25, 0.3) is 0 Å². The van der Waals surface area contributed by atoms with Crippen LogP contribution < -0.4 is 5.73 Å². The molecule has 0 spiro atoms. The highest BCUT2D eigenvalue weighted by molar-refractivity contribution is 5.85. The quantitative estimate of drug-likeness (QED) is 0.584. The van der Waals surface area contributed by atoms with Crippen molar-refractivity contribution in [3.05, 3.63) is 0 Å². The summed E-state index contributed by atoms with van der Waals surface area (Å²) in [6.07, 6.45) is 5.45. The lowest BCUT2D eigenvalue weighted by Gasteiger charge is -2.53. The van der Waals surface area contributed by atoms with Crippen LogP contribution in [0.4, 0.5) is 0 Å². The van der Waals surface area contributed by atoms with E-state index in [1.165, 1.54) is 6.42 Å². The van der Waals surface area contributed by atoms with E-state index in [-0.39, 0.29) is 5.54 Å². The molecule has 4 fully saturated rings. The number of rotatable bonds is 0. The zero-order chi connectivity index (χ0) is 8.34. The van der Waals surface area contributed by atoms with Crippen LogP contribution in [0.1, 0.15) is 32.1 Å². The molecule has 0 aliphatic heterocycles. The third kappa shape index (κ3) is 0.764. The first-order chi connectivity index (χ1) is 5.66. The van der Waals surface area contributed by atoms with E-state index in [4.69, 9.17) is 5.73 Å². The molecule has 4 saturated carbocycles. The van der Waals surface area contributed by atoms with Gasteiger partial charge in [-0.1, -0.05) is 0 Å². The first kappa shape index (κ1) is 7.07. The summed E-state index contributed by atoms with van der Waals surface area (Å²) in [5.74, 6) is 2.01. The molecule has 0 aromatic rings. The number of carbonyl (C=O) groups excluding carboxylic acids is 1. The molecule has 4 rings (SSSR count). The van der Waals surface area contributed by atoms with Crippen LogP contribution in [0.15, 0.2) is 0 Å². The predicted molar refractivity (Wildman–Crippen MR) is 45.5 cm³/mol. The average molecular weight is 165 g/mol. The molecule has 0 heterocycles. The Kier molecular flexibility index (Phi) is 1.13. The lowest BCUT2D eigenvalue weighted by molar-refractivity contribution is -0.141. The SMILES string of the molecule is NC12CC3C[C@H](C1)C(=O)[C@H](C3)C2. The van der Waals surface area contributed by atoms with Gasteiger partial charge in [0.05, 0.1) is 0 Å². The van der Waals surface area contributed by atoms with Gasteiger partial charge in [-0.3, -0.25) is 4.79 Å². The van der Waals surface area contributed by atoms with Gasteiger partial charge in [-0.05, 0) is 38.0 Å². The summed E-state index contributed by atoms with van der Waals surface area (Å²) in [4.78, 5) is 11.7. The third-order valence-corrected chi connectivity index (χ3v) is 4.04. The molecule has 0 unspecified atom stereocenters. The molecule has 2 N–H and O–H groups in total. The number of nitrogens with two attached hydrogens (primary N) is 1. The zero-order valence-electron chi connectivity index (χ0n) is 7.25. The summed E-state index contributed by atoms with van der Waals surface area (Å²) >= 11 is 0. The molecule has 4 bridgehead atoms. The summed E-state index contributed by atoms with van der Waals surface area (Å²) in [5, 5.41) is 0. The lowest BCUT2D eigenvalue weighted by Crippen LogP contribution is -2.59. The van der Waals surface area contributed by atoms with E-state index in [1.54, 1.807) is 0 Å². The smallest absolute Gasteiger partial charge is 0.139 e. The Bertz CT molecular complexity index is 230. The molecule has 0 aromatic carbocycles. The van der Waals surface area contributed by atoms with Gasteiger partial charge in [0.1, 0.15) is 5.78 Å². The molecular formula is C10H15NO. The Balaban J connectivity index is 2.00. The van der Waals surface area contributed by atoms with Crippen molar-refractivity contribution in [3.8, 4) is 0 Å².